The molecule has 3 heteroatoms. The summed E-state index contributed by atoms with van der Waals surface area (Å²) in [5.41, 5.74) is 0. The molecular formula is C13H25IO2. The molecule has 16 heavy (non-hydrogen) atoms. The third kappa shape index (κ3) is 12.3. The Balaban J connectivity index is 3.09. The van der Waals surface area contributed by atoms with Crippen LogP contribution in [0.5, 0.6) is 0 Å². The van der Waals surface area contributed by atoms with E-state index in [-0.39, 0.29) is 5.97 Å². The molecule has 0 radical (unpaired) electrons. The molecule has 0 aliphatic heterocycles. The molecule has 2 nitrogen and oxygen atoms in total. The van der Waals surface area contributed by atoms with Gasteiger partial charge in [-0.15, -0.1) is 0 Å². The molecule has 0 atom stereocenters. The van der Waals surface area contributed by atoms with Gasteiger partial charge in [-0.2, -0.15) is 0 Å². The molecule has 0 aliphatic carbocycles. The minimum atomic E-state index is -0.0154. The zero-order chi connectivity index (χ0) is 12.1. The summed E-state index contributed by atoms with van der Waals surface area (Å²) in [5.74, 6) is -0.0154. The highest BCUT2D eigenvalue weighted by Gasteiger charge is 2.01. The average molecular weight is 340 g/mol. The van der Waals surface area contributed by atoms with Gasteiger partial charge in [0.2, 0.25) is 0 Å². The van der Waals surface area contributed by atoms with Crippen LogP contribution >= 0.6 is 22.6 Å². The SMILES string of the molecule is CCCCCCCCOC(=O)CCCCI. The first-order valence-electron chi connectivity index (χ1n) is 6.52. The summed E-state index contributed by atoms with van der Waals surface area (Å²) in [7, 11) is 0. The number of esters is 1. The molecular weight excluding hydrogens is 315 g/mol. The highest BCUT2D eigenvalue weighted by Crippen LogP contribution is 2.06. The Morgan fingerprint density at radius 3 is 2.38 bits per heavy atom. The van der Waals surface area contributed by atoms with Gasteiger partial charge in [-0.25, -0.2) is 0 Å². The Morgan fingerprint density at radius 2 is 1.69 bits per heavy atom. The molecule has 0 aromatic rings. The second-order valence-corrected chi connectivity index (χ2v) is 5.21. The largest absolute Gasteiger partial charge is 0.466 e. The van der Waals surface area contributed by atoms with E-state index in [1.165, 1.54) is 32.1 Å². The van der Waals surface area contributed by atoms with Gasteiger partial charge >= 0.3 is 5.97 Å². The van der Waals surface area contributed by atoms with E-state index in [0.717, 1.165) is 23.7 Å². The topological polar surface area (TPSA) is 26.3 Å². The summed E-state index contributed by atoms with van der Waals surface area (Å²) < 4.78 is 6.28. The Kier molecular flexibility index (Phi) is 13.4. The zero-order valence-electron chi connectivity index (χ0n) is 10.5. The molecule has 0 heterocycles. The van der Waals surface area contributed by atoms with Gasteiger partial charge in [-0.05, 0) is 23.7 Å². The third-order valence-corrected chi connectivity index (χ3v) is 3.29. The second kappa shape index (κ2) is 13.3. The predicted octanol–water partition coefficient (Wildman–Crippen LogP) is 4.50. The molecule has 96 valence electrons. The number of rotatable bonds is 11. The van der Waals surface area contributed by atoms with Crippen LogP contribution in [0.4, 0.5) is 0 Å². The van der Waals surface area contributed by atoms with E-state index in [1.54, 1.807) is 0 Å². The number of alkyl halides is 1. The van der Waals surface area contributed by atoms with Crippen LogP contribution in [0.15, 0.2) is 0 Å². The van der Waals surface area contributed by atoms with Crippen LogP contribution < -0.4 is 0 Å². The standard InChI is InChI=1S/C13H25IO2/c1-2-3-4-5-6-9-12-16-13(15)10-7-8-11-14/h2-12H2,1H3. The van der Waals surface area contributed by atoms with Crippen LogP contribution in [0.1, 0.15) is 64.7 Å². The number of hydrogen-bond donors (Lipinski definition) is 0. The lowest BCUT2D eigenvalue weighted by Gasteiger charge is -2.04. The number of ether oxygens (including phenoxy) is 1. The summed E-state index contributed by atoms with van der Waals surface area (Å²) in [5, 5.41) is 0. The molecule has 0 amide bonds. The first kappa shape index (κ1) is 16.2. The van der Waals surface area contributed by atoms with Crippen LogP contribution in [0.3, 0.4) is 0 Å². The Bertz CT molecular complexity index is 160. The van der Waals surface area contributed by atoms with Crippen molar-refractivity contribution in [3.05, 3.63) is 0 Å². The van der Waals surface area contributed by atoms with Crippen molar-refractivity contribution in [3.63, 3.8) is 0 Å². The highest BCUT2D eigenvalue weighted by atomic mass is 127. The quantitative estimate of drug-likeness (QED) is 0.240. The van der Waals surface area contributed by atoms with Crippen LogP contribution in [-0.4, -0.2) is 17.0 Å². The number of carbonyl (C=O) groups excluding carboxylic acids is 1. The Morgan fingerprint density at radius 1 is 1.00 bits per heavy atom. The molecule has 0 saturated carbocycles. The summed E-state index contributed by atoms with van der Waals surface area (Å²) in [6, 6.07) is 0. The minimum Gasteiger partial charge on any atom is -0.466 e. The lowest BCUT2D eigenvalue weighted by molar-refractivity contribution is -0.143. The van der Waals surface area contributed by atoms with E-state index in [1.807, 2.05) is 0 Å². The van der Waals surface area contributed by atoms with Gasteiger partial charge in [0, 0.05) is 6.42 Å². The van der Waals surface area contributed by atoms with Gasteiger partial charge < -0.3 is 4.74 Å². The molecule has 0 spiro atoms. The normalized spacial score (nSPS) is 10.4. The van der Waals surface area contributed by atoms with E-state index in [4.69, 9.17) is 4.74 Å². The highest BCUT2D eigenvalue weighted by molar-refractivity contribution is 14.1. The van der Waals surface area contributed by atoms with Crippen molar-refractivity contribution in [1.82, 2.24) is 0 Å². The lowest BCUT2D eigenvalue weighted by atomic mass is 10.1. The molecule has 0 N–H and O–H groups in total. The van der Waals surface area contributed by atoms with Crippen molar-refractivity contribution < 1.29 is 9.53 Å². The fourth-order valence-corrected chi connectivity index (χ4v) is 2.04. The first-order valence-corrected chi connectivity index (χ1v) is 8.05. The van der Waals surface area contributed by atoms with Crippen molar-refractivity contribution in [1.29, 1.82) is 0 Å². The van der Waals surface area contributed by atoms with Crippen molar-refractivity contribution in [3.8, 4) is 0 Å². The maximum absolute atomic E-state index is 11.2. The first-order chi connectivity index (χ1) is 7.81. The van der Waals surface area contributed by atoms with Crippen LogP contribution in [0.25, 0.3) is 0 Å². The monoisotopic (exact) mass is 340 g/mol. The molecule has 0 aromatic carbocycles. The third-order valence-electron chi connectivity index (χ3n) is 2.53. The number of hydrogen-bond acceptors (Lipinski definition) is 2. The van der Waals surface area contributed by atoms with Crippen molar-refractivity contribution in [2.24, 2.45) is 0 Å². The van der Waals surface area contributed by atoms with Gasteiger partial charge in [0.05, 0.1) is 6.61 Å². The Labute approximate surface area is 114 Å². The smallest absolute Gasteiger partial charge is 0.305 e. The molecule has 0 bridgehead atoms. The number of unbranched alkanes of at least 4 members (excludes halogenated alkanes) is 6. The molecule has 0 unspecified atom stereocenters. The van der Waals surface area contributed by atoms with E-state index in [9.17, 15) is 4.79 Å². The van der Waals surface area contributed by atoms with Crippen molar-refractivity contribution >= 4 is 28.6 Å². The van der Waals surface area contributed by atoms with Gasteiger partial charge in [0.15, 0.2) is 0 Å². The van der Waals surface area contributed by atoms with Gasteiger partial charge in [-0.1, -0.05) is 61.6 Å². The van der Waals surface area contributed by atoms with Gasteiger partial charge in [0.1, 0.15) is 0 Å². The lowest BCUT2D eigenvalue weighted by Crippen LogP contribution is -2.05. The van der Waals surface area contributed by atoms with Gasteiger partial charge in [0.25, 0.3) is 0 Å². The number of carbonyl (C=O) groups is 1. The van der Waals surface area contributed by atoms with Crippen LogP contribution in [-0.2, 0) is 9.53 Å². The van der Waals surface area contributed by atoms with E-state index >= 15 is 0 Å². The number of halogens is 1. The van der Waals surface area contributed by atoms with Crippen LogP contribution in [0.2, 0.25) is 0 Å². The van der Waals surface area contributed by atoms with Crippen molar-refractivity contribution in [2.75, 3.05) is 11.0 Å². The minimum absolute atomic E-state index is 0.0154. The average Bonchev–Trinajstić information content (AvgIpc) is 2.28. The van der Waals surface area contributed by atoms with E-state index < -0.39 is 0 Å². The maximum Gasteiger partial charge on any atom is 0.305 e. The van der Waals surface area contributed by atoms with Crippen LogP contribution in [0, 0.1) is 0 Å². The predicted molar refractivity (Wildman–Crippen MR) is 77.1 cm³/mol. The second-order valence-electron chi connectivity index (χ2n) is 4.13. The zero-order valence-corrected chi connectivity index (χ0v) is 12.6. The van der Waals surface area contributed by atoms with Gasteiger partial charge in [-0.3, -0.25) is 4.79 Å². The molecule has 0 fully saturated rings. The summed E-state index contributed by atoms with van der Waals surface area (Å²) in [6.45, 7) is 2.84. The molecule has 0 rings (SSSR count). The summed E-state index contributed by atoms with van der Waals surface area (Å²) in [4.78, 5) is 11.2. The molecule has 0 aliphatic rings. The molecule has 0 aromatic heterocycles. The fourth-order valence-electron chi connectivity index (χ4n) is 1.50. The fraction of sp³-hybridized carbons (Fsp3) is 0.923. The Hall–Kier alpha value is 0.200. The van der Waals surface area contributed by atoms with Crippen molar-refractivity contribution in [2.45, 2.75) is 64.7 Å². The summed E-state index contributed by atoms with van der Waals surface area (Å²) in [6.07, 6.45) is 10.1. The van der Waals surface area contributed by atoms with E-state index in [0.29, 0.717) is 13.0 Å². The van der Waals surface area contributed by atoms with E-state index in [2.05, 4.69) is 29.5 Å². The molecule has 0 saturated heterocycles. The summed E-state index contributed by atoms with van der Waals surface area (Å²) >= 11 is 2.33. The maximum atomic E-state index is 11.2.